The Bertz CT molecular complexity index is 1460. The van der Waals surface area contributed by atoms with Crippen molar-refractivity contribution in [3.05, 3.63) is 121 Å². The molecule has 0 bridgehead atoms. The van der Waals surface area contributed by atoms with Crippen LogP contribution in [-0.2, 0) is 30.7 Å². The SMILES string of the molecule is C[CH-]C1CCCCC1.C[CH-]C1CCCCC1.Cl.Cl.[C-]1=CC=CC1.[CH2]=[Zr].[c-]1cccc2c1c1c(c3ccccc32)-c2ccccc2C1. The van der Waals surface area contributed by atoms with E-state index < -0.39 is 0 Å². The van der Waals surface area contributed by atoms with Crippen molar-refractivity contribution in [2.24, 2.45) is 11.8 Å². The summed E-state index contributed by atoms with van der Waals surface area (Å²) in [7, 11) is 0. The van der Waals surface area contributed by atoms with Crippen LogP contribution in [-0.4, -0.2) is 4.21 Å². The van der Waals surface area contributed by atoms with Crippen molar-refractivity contribution in [1.82, 2.24) is 0 Å². The van der Waals surface area contributed by atoms with Crippen molar-refractivity contribution in [1.29, 1.82) is 0 Å². The molecular formula is C43H52Cl2Zr-4. The van der Waals surface area contributed by atoms with E-state index in [-0.39, 0.29) is 24.8 Å². The maximum absolute atomic E-state index is 3.48. The number of hydrogen-bond donors (Lipinski definition) is 0. The molecule has 0 radical (unpaired) electrons. The van der Waals surface area contributed by atoms with Gasteiger partial charge in [0.2, 0.25) is 0 Å². The summed E-state index contributed by atoms with van der Waals surface area (Å²) in [4.78, 5) is 0. The molecule has 46 heavy (non-hydrogen) atoms. The van der Waals surface area contributed by atoms with Gasteiger partial charge in [0.05, 0.1) is 0 Å². The topological polar surface area (TPSA) is 0 Å². The predicted molar refractivity (Wildman–Crippen MR) is 205 cm³/mol. The molecule has 0 unspecified atom stereocenters. The number of rotatable bonds is 2. The first-order valence-electron chi connectivity index (χ1n) is 16.9. The quantitative estimate of drug-likeness (QED) is 0.125. The molecule has 0 heterocycles. The third-order valence-electron chi connectivity index (χ3n) is 9.43. The summed E-state index contributed by atoms with van der Waals surface area (Å²) in [6, 6.07) is 27.3. The largest absolute Gasteiger partial charge is 0.147 e. The molecule has 246 valence electrons. The van der Waals surface area contributed by atoms with Gasteiger partial charge in [-0.05, 0) is 28.5 Å². The Hall–Kier alpha value is -1.79. The van der Waals surface area contributed by atoms with Crippen LogP contribution in [0.25, 0.3) is 32.7 Å². The summed E-state index contributed by atoms with van der Waals surface area (Å²) in [5.74, 6) is 1.92. The van der Waals surface area contributed by atoms with Crippen molar-refractivity contribution in [2.45, 2.75) is 90.9 Å². The maximum Gasteiger partial charge on any atom is -0.0240 e. The van der Waals surface area contributed by atoms with Crippen molar-refractivity contribution < 1.29 is 24.2 Å². The number of halogens is 2. The molecule has 0 aliphatic heterocycles. The molecule has 0 aromatic heterocycles. The Morgan fingerprint density at radius 2 is 1.26 bits per heavy atom. The molecule has 4 aliphatic carbocycles. The fourth-order valence-electron chi connectivity index (χ4n) is 7.00. The van der Waals surface area contributed by atoms with Gasteiger partial charge in [0, 0.05) is 0 Å². The van der Waals surface area contributed by atoms with E-state index in [0.717, 1.165) is 24.7 Å². The minimum absolute atomic E-state index is 0. The van der Waals surface area contributed by atoms with Crippen LogP contribution >= 0.6 is 24.8 Å². The zero-order valence-electron chi connectivity index (χ0n) is 27.9. The van der Waals surface area contributed by atoms with Crippen LogP contribution in [0.3, 0.4) is 0 Å². The van der Waals surface area contributed by atoms with E-state index in [4.69, 9.17) is 0 Å². The minimum Gasteiger partial charge on any atom is -0.147 e. The second-order valence-corrected chi connectivity index (χ2v) is 12.2. The van der Waals surface area contributed by atoms with Crippen LogP contribution in [0.2, 0.25) is 0 Å². The molecule has 4 aliphatic rings. The van der Waals surface area contributed by atoms with Gasteiger partial charge in [0.1, 0.15) is 0 Å². The zero-order chi connectivity index (χ0) is 31.0. The van der Waals surface area contributed by atoms with E-state index in [1.165, 1.54) is 132 Å². The van der Waals surface area contributed by atoms with Crippen LogP contribution in [0.4, 0.5) is 0 Å². The van der Waals surface area contributed by atoms with Crippen LogP contribution in [0.15, 0.2) is 85.0 Å². The van der Waals surface area contributed by atoms with Gasteiger partial charge in [-0.15, -0.1) is 71.8 Å². The van der Waals surface area contributed by atoms with Crippen molar-refractivity contribution in [3.63, 3.8) is 0 Å². The van der Waals surface area contributed by atoms with E-state index in [1.54, 1.807) is 0 Å². The predicted octanol–water partition coefficient (Wildman–Crippen LogP) is 13.1. The van der Waals surface area contributed by atoms with Gasteiger partial charge in [0.25, 0.3) is 0 Å². The van der Waals surface area contributed by atoms with E-state index in [1.807, 2.05) is 18.2 Å². The van der Waals surface area contributed by atoms with Gasteiger partial charge in [-0.1, -0.05) is 118 Å². The fourth-order valence-corrected chi connectivity index (χ4v) is 7.00. The number of benzene rings is 4. The number of allylic oxidation sites excluding steroid dienone is 4. The molecule has 2 fully saturated rings. The molecule has 3 heteroatoms. The third-order valence-corrected chi connectivity index (χ3v) is 9.43. The van der Waals surface area contributed by atoms with Crippen molar-refractivity contribution in [2.75, 3.05) is 0 Å². The second-order valence-electron chi connectivity index (χ2n) is 12.2. The number of hydrogen-bond acceptors (Lipinski definition) is 0. The Balaban J connectivity index is 0.000000245. The Labute approximate surface area is 307 Å². The fraction of sp³-hybridized carbons (Fsp3) is 0.372. The van der Waals surface area contributed by atoms with Crippen LogP contribution in [0.1, 0.15) is 95.6 Å². The van der Waals surface area contributed by atoms with Crippen LogP contribution < -0.4 is 0 Å². The van der Waals surface area contributed by atoms with Gasteiger partial charge < -0.3 is 12.8 Å². The Morgan fingerprint density at radius 3 is 1.78 bits per heavy atom. The molecule has 0 atom stereocenters. The molecule has 4 aromatic carbocycles. The van der Waals surface area contributed by atoms with E-state index in [0.29, 0.717) is 0 Å². The van der Waals surface area contributed by atoms with Gasteiger partial charge in [0.15, 0.2) is 0 Å². The normalized spacial score (nSPS) is 15.9. The zero-order valence-corrected chi connectivity index (χ0v) is 32.0. The van der Waals surface area contributed by atoms with Crippen LogP contribution in [0, 0.1) is 36.8 Å². The molecule has 0 amide bonds. The van der Waals surface area contributed by atoms with Gasteiger partial charge in [-0.2, -0.15) is 31.8 Å². The maximum atomic E-state index is 3.48. The van der Waals surface area contributed by atoms with Crippen molar-refractivity contribution >= 4 is 50.6 Å². The number of fused-ring (bicyclic) bond motifs is 8. The third kappa shape index (κ3) is 11.1. The molecule has 0 N–H and O–H groups in total. The first-order chi connectivity index (χ1) is 21.8. The average molecular weight is 731 g/mol. The van der Waals surface area contributed by atoms with E-state index in [2.05, 4.69) is 110 Å². The molecule has 8 rings (SSSR count). The van der Waals surface area contributed by atoms with Gasteiger partial charge >= 0.3 is 28.4 Å². The van der Waals surface area contributed by atoms with Crippen LogP contribution in [0.5, 0.6) is 0 Å². The standard InChI is InChI=1S/C21H13.2C8H15.C5H5.CH2.2ClH.Zr/c1-2-8-15-14(7-1)13-20-18-11-4-3-9-16(18)17-10-5-6-12-19(17)21(15)20;2*1-2-8-6-4-3-5-7-8;1-2-4-5-3-1;;;;/h1-10,12H,13H2;2*2,8H,3-7H2,1H3;1-3H,4H2;1H2;2*1H;/q4*-1;;;;. The summed E-state index contributed by atoms with van der Waals surface area (Å²) in [6.07, 6.45) is 30.4. The molecule has 4 aromatic rings. The first-order valence-corrected chi connectivity index (χ1v) is 18.6. The summed E-state index contributed by atoms with van der Waals surface area (Å²) in [6.45, 7) is 4.38. The summed E-state index contributed by atoms with van der Waals surface area (Å²) < 4.78 is 3.34. The Kier molecular flexibility index (Phi) is 20.0. The minimum atomic E-state index is 0. The van der Waals surface area contributed by atoms with Gasteiger partial charge in [-0.25, -0.2) is 12.2 Å². The summed E-state index contributed by atoms with van der Waals surface area (Å²) in [5, 5.41) is 5.30. The molecule has 0 nitrogen and oxygen atoms in total. The second kappa shape index (κ2) is 22.7. The molecule has 0 saturated heterocycles. The molecule has 0 spiro atoms. The average Bonchev–Trinajstić information content (AvgIpc) is 3.84. The van der Waals surface area contributed by atoms with Gasteiger partial charge in [-0.3, -0.25) is 6.08 Å². The molecular weight excluding hydrogens is 679 g/mol. The summed E-state index contributed by atoms with van der Waals surface area (Å²) >= 11 is 1.30. The Morgan fingerprint density at radius 1 is 0.696 bits per heavy atom. The molecule has 2 saturated carbocycles. The first kappa shape index (κ1) is 40.4. The van der Waals surface area contributed by atoms with E-state index >= 15 is 0 Å². The summed E-state index contributed by atoms with van der Waals surface area (Å²) in [5.41, 5.74) is 5.67. The van der Waals surface area contributed by atoms with E-state index in [9.17, 15) is 0 Å². The monoisotopic (exact) mass is 728 g/mol. The van der Waals surface area contributed by atoms with Crippen molar-refractivity contribution in [3.8, 4) is 11.1 Å². The smallest absolute Gasteiger partial charge is 0.0240 e.